The van der Waals surface area contributed by atoms with Gasteiger partial charge in [-0.3, -0.25) is 4.79 Å². The van der Waals surface area contributed by atoms with Gasteiger partial charge in [0.1, 0.15) is 11.5 Å². The summed E-state index contributed by atoms with van der Waals surface area (Å²) in [5.41, 5.74) is 0.613. The average molecular weight is 287 g/mol. The molecule has 0 bridgehead atoms. The molecule has 2 aromatic rings. The van der Waals surface area contributed by atoms with Crippen molar-refractivity contribution in [3.63, 3.8) is 0 Å². The van der Waals surface area contributed by atoms with Gasteiger partial charge in [0.15, 0.2) is 0 Å². The van der Waals surface area contributed by atoms with Crippen LogP contribution >= 0.6 is 0 Å². The van der Waals surface area contributed by atoms with Crippen molar-refractivity contribution in [1.29, 1.82) is 0 Å². The third kappa shape index (κ3) is 4.99. The monoisotopic (exact) mass is 287 g/mol. The van der Waals surface area contributed by atoms with Gasteiger partial charge in [-0.25, -0.2) is 0 Å². The number of unbranched alkanes of at least 4 members (excludes halogenated alkanes) is 2. The lowest BCUT2D eigenvalue weighted by Gasteiger charge is -2.07. The smallest absolute Gasteiger partial charge is 0.251 e. The quantitative estimate of drug-likeness (QED) is 0.752. The molecule has 1 heterocycles. The first-order valence-electron chi connectivity index (χ1n) is 7.33. The molecule has 1 aromatic carbocycles. The summed E-state index contributed by atoms with van der Waals surface area (Å²) in [6, 6.07) is 10.8. The maximum Gasteiger partial charge on any atom is 0.251 e. The molecule has 1 amide bonds. The lowest BCUT2D eigenvalue weighted by Crippen LogP contribution is -2.22. The molecule has 4 nitrogen and oxygen atoms in total. The lowest BCUT2D eigenvalue weighted by molar-refractivity contribution is 0.0948. The number of carbonyl (C=O) groups excluding carboxylic acids is 1. The first-order chi connectivity index (χ1) is 10.3. The molecule has 0 radical (unpaired) electrons. The van der Waals surface area contributed by atoms with Gasteiger partial charge in [0, 0.05) is 5.56 Å². The Hall–Kier alpha value is -2.23. The van der Waals surface area contributed by atoms with E-state index in [9.17, 15) is 4.79 Å². The van der Waals surface area contributed by atoms with Gasteiger partial charge >= 0.3 is 0 Å². The van der Waals surface area contributed by atoms with Gasteiger partial charge in [-0.05, 0) is 42.8 Å². The molecule has 0 spiro atoms. The van der Waals surface area contributed by atoms with Crippen LogP contribution in [0.1, 0.15) is 42.3 Å². The van der Waals surface area contributed by atoms with Crippen molar-refractivity contribution in [3.05, 3.63) is 54.0 Å². The molecule has 0 aliphatic carbocycles. The van der Waals surface area contributed by atoms with Crippen LogP contribution in [0.25, 0.3) is 0 Å². The molecule has 0 aliphatic rings. The molecule has 112 valence electrons. The highest BCUT2D eigenvalue weighted by Gasteiger charge is 2.06. The van der Waals surface area contributed by atoms with E-state index in [4.69, 9.17) is 9.15 Å². The standard InChI is InChI=1S/C17H21NO3/c1-2-3-4-11-20-15-9-7-14(8-10-15)17(19)18-13-16-6-5-12-21-16/h5-10,12H,2-4,11,13H2,1H3,(H,18,19). The van der Waals surface area contributed by atoms with Crippen molar-refractivity contribution in [2.24, 2.45) is 0 Å². The fourth-order valence-electron chi connectivity index (χ4n) is 1.93. The number of ether oxygens (including phenoxy) is 1. The zero-order chi connectivity index (χ0) is 14.9. The molecule has 0 aliphatic heterocycles. The van der Waals surface area contributed by atoms with E-state index in [0.29, 0.717) is 12.1 Å². The highest BCUT2D eigenvalue weighted by Crippen LogP contribution is 2.13. The molecular formula is C17H21NO3. The van der Waals surface area contributed by atoms with E-state index in [1.54, 1.807) is 24.5 Å². The van der Waals surface area contributed by atoms with Crippen LogP contribution in [0.15, 0.2) is 47.1 Å². The summed E-state index contributed by atoms with van der Waals surface area (Å²) < 4.78 is 10.8. The van der Waals surface area contributed by atoms with Gasteiger partial charge < -0.3 is 14.5 Å². The zero-order valence-electron chi connectivity index (χ0n) is 12.3. The summed E-state index contributed by atoms with van der Waals surface area (Å²) in [5, 5.41) is 2.81. The van der Waals surface area contributed by atoms with Crippen molar-refractivity contribution in [2.75, 3.05) is 6.61 Å². The SMILES string of the molecule is CCCCCOc1ccc(C(=O)NCc2ccco2)cc1. The van der Waals surface area contributed by atoms with E-state index in [-0.39, 0.29) is 5.91 Å². The van der Waals surface area contributed by atoms with Gasteiger partial charge in [0.2, 0.25) is 0 Å². The molecule has 2 rings (SSSR count). The Kier molecular flexibility index (Phi) is 5.88. The summed E-state index contributed by atoms with van der Waals surface area (Å²) in [5.74, 6) is 1.41. The van der Waals surface area contributed by atoms with Crippen molar-refractivity contribution in [2.45, 2.75) is 32.7 Å². The van der Waals surface area contributed by atoms with Crippen LogP contribution in [0.4, 0.5) is 0 Å². The summed E-state index contributed by atoms with van der Waals surface area (Å²) in [4.78, 5) is 12.0. The highest BCUT2D eigenvalue weighted by atomic mass is 16.5. The highest BCUT2D eigenvalue weighted by molar-refractivity contribution is 5.94. The Morgan fingerprint density at radius 2 is 2.00 bits per heavy atom. The molecule has 1 aromatic heterocycles. The third-order valence-corrected chi connectivity index (χ3v) is 3.14. The summed E-state index contributed by atoms with van der Waals surface area (Å²) in [7, 11) is 0. The molecule has 21 heavy (non-hydrogen) atoms. The number of furan rings is 1. The van der Waals surface area contributed by atoms with E-state index < -0.39 is 0 Å². The van der Waals surface area contributed by atoms with E-state index in [1.165, 1.54) is 12.8 Å². The van der Waals surface area contributed by atoms with E-state index >= 15 is 0 Å². The second-order valence-electron chi connectivity index (χ2n) is 4.84. The Morgan fingerprint density at radius 1 is 1.19 bits per heavy atom. The Morgan fingerprint density at radius 3 is 2.67 bits per heavy atom. The van der Waals surface area contributed by atoms with Gasteiger partial charge in [-0.1, -0.05) is 19.8 Å². The minimum absolute atomic E-state index is 0.121. The van der Waals surface area contributed by atoms with Gasteiger partial charge in [-0.2, -0.15) is 0 Å². The minimum Gasteiger partial charge on any atom is -0.494 e. The Balaban J connectivity index is 1.79. The average Bonchev–Trinajstić information content (AvgIpc) is 3.03. The first kappa shape index (κ1) is 15.2. The molecular weight excluding hydrogens is 266 g/mol. The second kappa shape index (κ2) is 8.15. The Labute approximate surface area is 125 Å². The Bertz CT molecular complexity index is 532. The van der Waals surface area contributed by atoms with E-state index in [2.05, 4.69) is 12.2 Å². The van der Waals surface area contributed by atoms with Crippen LogP contribution in [0.2, 0.25) is 0 Å². The fourth-order valence-corrected chi connectivity index (χ4v) is 1.93. The van der Waals surface area contributed by atoms with Gasteiger partial charge in [-0.15, -0.1) is 0 Å². The summed E-state index contributed by atoms with van der Waals surface area (Å²) in [6.45, 7) is 3.27. The van der Waals surface area contributed by atoms with Gasteiger partial charge in [0.05, 0.1) is 19.4 Å². The second-order valence-corrected chi connectivity index (χ2v) is 4.84. The predicted octanol–water partition coefficient (Wildman–Crippen LogP) is 3.78. The van der Waals surface area contributed by atoms with Crippen LogP contribution in [0.3, 0.4) is 0 Å². The minimum atomic E-state index is -0.121. The van der Waals surface area contributed by atoms with Crippen molar-refractivity contribution < 1.29 is 13.9 Å². The maximum absolute atomic E-state index is 12.0. The first-order valence-corrected chi connectivity index (χ1v) is 7.33. The third-order valence-electron chi connectivity index (χ3n) is 3.14. The summed E-state index contributed by atoms with van der Waals surface area (Å²) >= 11 is 0. The summed E-state index contributed by atoms with van der Waals surface area (Å²) in [6.07, 6.45) is 5.00. The normalized spacial score (nSPS) is 10.3. The van der Waals surface area contributed by atoms with Crippen LogP contribution < -0.4 is 10.1 Å². The molecule has 0 saturated carbocycles. The fraction of sp³-hybridized carbons (Fsp3) is 0.353. The molecule has 0 fully saturated rings. The molecule has 1 N–H and O–H groups in total. The van der Waals surface area contributed by atoms with Crippen LogP contribution in [0.5, 0.6) is 5.75 Å². The van der Waals surface area contributed by atoms with E-state index in [1.807, 2.05) is 18.2 Å². The van der Waals surface area contributed by atoms with Crippen molar-refractivity contribution in [3.8, 4) is 5.75 Å². The number of hydrogen-bond acceptors (Lipinski definition) is 3. The number of nitrogens with one attached hydrogen (secondary N) is 1. The molecule has 4 heteroatoms. The maximum atomic E-state index is 12.0. The molecule has 0 saturated heterocycles. The number of amides is 1. The number of benzene rings is 1. The van der Waals surface area contributed by atoms with Crippen LogP contribution in [-0.4, -0.2) is 12.5 Å². The number of rotatable bonds is 8. The largest absolute Gasteiger partial charge is 0.494 e. The predicted molar refractivity (Wildman–Crippen MR) is 81.3 cm³/mol. The van der Waals surface area contributed by atoms with Crippen LogP contribution in [0, 0.1) is 0 Å². The van der Waals surface area contributed by atoms with Crippen molar-refractivity contribution in [1.82, 2.24) is 5.32 Å². The topological polar surface area (TPSA) is 51.5 Å². The number of carbonyl (C=O) groups is 1. The van der Waals surface area contributed by atoms with Gasteiger partial charge in [0.25, 0.3) is 5.91 Å². The number of hydrogen-bond donors (Lipinski definition) is 1. The molecule has 0 atom stereocenters. The molecule has 0 unspecified atom stereocenters. The van der Waals surface area contributed by atoms with Crippen LogP contribution in [-0.2, 0) is 6.54 Å². The van der Waals surface area contributed by atoms with E-state index in [0.717, 1.165) is 24.5 Å². The zero-order valence-corrected chi connectivity index (χ0v) is 12.3. The lowest BCUT2D eigenvalue weighted by atomic mass is 10.2. The van der Waals surface area contributed by atoms with Crippen molar-refractivity contribution >= 4 is 5.91 Å².